The molecule has 5 rings (SSSR count). The summed E-state index contributed by atoms with van der Waals surface area (Å²) >= 11 is 0. The number of hydrogen-bond acceptors (Lipinski definition) is 4. The van der Waals surface area contributed by atoms with Crippen LogP contribution in [0.5, 0.6) is 5.75 Å². The fraction of sp³-hybridized carbons (Fsp3) is 0.294. The number of nitrogens with zero attached hydrogens (tertiary/aromatic N) is 1. The quantitative estimate of drug-likeness (QED) is 0.117. The Labute approximate surface area is 235 Å². The summed E-state index contributed by atoms with van der Waals surface area (Å²) in [5.74, 6) is 0.494. The van der Waals surface area contributed by atoms with Crippen LogP contribution in [0.15, 0.2) is 91.0 Å². The van der Waals surface area contributed by atoms with Crippen LogP contribution in [0.1, 0.15) is 67.6 Å². The summed E-state index contributed by atoms with van der Waals surface area (Å²) in [6.45, 7) is 2.55. The van der Waals surface area contributed by atoms with E-state index in [4.69, 9.17) is 14.6 Å². The molecule has 40 heavy (non-hydrogen) atoms. The average molecular weight is 540 g/mol. The molecule has 0 aliphatic heterocycles. The molecule has 1 fully saturated rings. The third-order valence-electron chi connectivity index (χ3n) is 7.12. The molecule has 6 heteroatoms. The van der Waals surface area contributed by atoms with Crippen molar-refractivity contribution in [2.45, 2.75) is 57.7 Å². The number of para-hydroxylation sites is 1. The predicted octanol–water partition coefficient (Wildman–Crippen LogP) is 7.46. The maximum Gasteiger partial charge on any atom is 0.290 e. The van der Waals surface area contributed by atoms with Crippen LogP contribution in [0.3, 0.4) is 0 Å². The van der Waals surface area contributed by atoms with E-state index in [2.05, 4.69) is 37.3 Å². The Bertz CT molecular complexity index is 1390. The number of aliphatic hydroxyl groups is 1. The molecule has 1 atom stereocenters. The highest BCUT2D eigenvalue weighted by Crippen LogP contribution is 2.38. The molecular formula is C34H37NO5. The number of hydrogen-bond donors (Lipinski definition) is 2. The van der Waals surface area contributed by atoms with Crippen molar-refractivity contribution in [3.8, 4) is 16.9 Å². The molecule has 0 bridgehead atoms. The molecule has 0 aromatic heterocycles. The van der Waals surface area contributed by atoms with Gasteiger partial charge in [-0.15, -0.1) is 0 Å². The fourth-order valence-corrected chi connectivity index (χ4v) is 4.93. The number of ether oxygens (including phenoxy) is 1. The van der Waals surface area contributed by atoms with Crippen molar-refractivity contribution in [3.05, 3.63) is 102 Å². The van der Waals surface area contributed by atoms with Crippen LogP contribution in [0.2, 0.25) is 0 Å². The smallest absolute Gasteiger partial charge is 0.290 e. The second-order valence-corrected chi connectivity index (χ2v) is 9.97. The molecule has 0 radical (unpaired) electrons. The molecule has 6 nitrogen and oxygen atoms in total. The summed E-state index contributed by atoms with van der Waals surface area (Å²) in [4.78, 5) is 23.7. The second-order valence-electron chi connectivity index (χ2n) is 9.97. The minimum Gasteiger partial charge on any atom is -0.493 e. The standard InChI is InChI=1S/C33H35NO3.CH2O2/c1-2-3-4-9-23-37-31-16-8-7-14-30(31)33(36)34(27-21-22-27)32(35)26-19-17-25(18-20-26)29-15-10-12-24-11-5-6-13-28(24)29;2-1-3/h5-8,10-20,27,33,36H,2-4,9,21-23H2,1H3;1H,(H,2,3). The van der Waals surface area contributed by atoms with Crippen LogP contribution >= 0.6 is 0 Å². The molecule has 1 saturated carbocycles. The van der Waals surface area contributed by atoms with Gasteiger partial charge in [0.05, 0.1) is 6.61 Å². The van der Waals surface area contributed by atoms with Crippen molar-refractivity contribution in [1.29, 1.82) is 0 Å². The number of unbranched alkanes of at least 4 members (excludes halogenated alkanes) is 3. The number of aliphatic hydroxyl groups excluding tert-OH is 1. The number of fused-ring (bicyclic) bond motifs is 1. The number of carbonyl (C=O) groups is 2. The highest BCUT2D eigenvalue weighted by Gasteiger charge is 2.38. The highest BCUT2D eigenvalue weighted by atomic mass is 16.5. The van der Waals surface area contributed by atoms with E-state index in [9.17, 15) is 9.90 Å². The summed E-state index contributed by atoms with van der Waals surface area (Å²) in [6.07, 6.45) is 5.22. The minimum atomic E-state index is -1.05. The first-order valence-electron chi connectivity index (χ1n) is 14.0. The molecule has 0 heterocycles. The summed E-state index contributed by atoms with van der Waals surface area (Å²) in [5.41, 5.74) is 3.42. The molecular weight excluding hydrogens is 502 g/mol. The number of amides is 1. The number of carbonyl (C=O) groups excluding carboxylic acids is 1. The van der Waals surface area contributed by atoms with Crippen molar-refractivity contribution >= 4 is 23.2 Å². The van der Waals surface area contributed by atoms with Crippen LogP contribution in [0, 0.1) is 0 Å². The third kappa shape index (κ3) is 7.07. The van der Waals surface area contributed by atoms with Gasteiger partial charge < -0.3 is 19.8 Å². The number of carboxylic acid groups (broad SMARTS) is 1. The van der Waals surface area contributed by atoms with Gasteiger partial charge in [-0.2, -0.15) is 0 Å². The topological polar surface area (TPSA) is 87.1 Å². The first-order chi connectivity index (χ1) is 19.6. The molecule has 1 amide bonds. The maximum absolute atomic E-state index is 13.7. The van der Waals surface area contributed by atoms with E-state index in [0.717, 1.165) is 36.8 Å². The average Bonchev–Trinajstić information content (AvgIpc) is 3.83. The van der Waals surface area contributed by atoms with Crippen LogP contribution < -0.4 is 4.74 Å². The summed E-state index contributed by atoms with van der Waals surface area (Å²) in [5, 5.41) is 20.7. The largest absolute Gasteiger partial charge is 0.493 e. The Kier molecular flexibility index (Phi) is 10.3. The SMILES string of the molecule is CCCCCCOc1ccccc1C(O)N(C(=O)c1ccc(-c2cccc3ccccc23)cc1)C1CC1.O=CO. The molecule has 2 N–H and O–H groups in total. The van der Waals surface area contributed by atoms with Crippen molar-refractivity contribution in [1.82, 2.24) is 4.90 Å². The van der Waals surface area contributed by atoms with Gasteiger partial charge in [0.25, 0.3) is 12.4 Å². The lowest BCUT2D eigenvalue weighted by Crippen LogP contribution is -2.37. The van der Waals surface area contributed by atoms with Crippen LogP contribution in [-0.2, 0) is 4.79 Å². The van der Waals surface area contributed by atoms with Crippen molar-refractivity contribution < 1.29 is 24.5 Å². The van der Waals surface area contributed by atoms with Gasteiger partial charge in [-0.25, -0.2) is 0 Å². The Morgan fingerprint density at radius 2 is 1.60 bits per heavy atom. The lowest BCUT2D eigenvalue weighted by Gasteiger charge is -2.29. The monoisotopic (exact) mass is 539 g/mol. The minimum absolute atomic E-state index is 0.0397. The van der Waals surface area contributed by atoms with E-state index in [1.54, 1.807) is 4.90 Å². The van der Waals surface area contributed by atoms with Gasteiger partial charge in [0.1, 0.15) is 5.75 Å². The Morgan fingerprint density at radius 3 is 2.33 bits per heavy atom. The summed E-state index contributed by atoms with van der Waals surface area (Å²) in [7, 11) is 0. The number of benzene rings is 4. The van der Waals surface area contributed by atoms with Gasteiger partial charge in [0.2, 0.25) is 0 Å². The maximum atomic E-state index is 13.7. The molecule has 1 aliphatic rings. The Hall–Kier alpha value is -4.16. The van der Waals surface area contributed by atoms with Crippen molar-refractivity contribution in [2.24, 2.45) is 0 Å². The first kappa shape index (κ1) is 28.8. The van der Waals surface area contributed by atoms with Gasteiger partial charge in [-0.3, -0.25) is 9.59 Å². The predicted molar refractivity (Wildman–Crippen MR) is 158 cm³/mol. The van der Waals surface area contributed by atoms with Crippen LogP contribution in [0.4, 0.5) is 0 Å². The summed E-state index contributed by atoms with van der Waals surface area (Å²) in [6, 6.07) is 29.9. The number of rotatable bonds is 11. The molecule has 208 valence electrons. The molecule has 1 aliphatic carbocycles. The van der Waals surface area contributed by atoms with Gasteiger partial charge in [-0.05, 0) is 59.4 Å². The van der Waals surface area contributed by atoms with Gasteiger partial charge in [-0.1, -0.05) is 99.0 Å². The molecule has 4 aromatic rings. The Morgan fingerprint density at radius 1 is 0.925 bits per heavy atom. The zero-order chi connectivity index (χ0) is 28.3. The lowest BCUT2D eigenvalue weighted by atomic mass is 9.97. The van der Waals surface area contributed by atoms with Gasteiger partial charge in [0.15, 0.2) is 6.23 Å². The van der Waals surface area contributed by atoms with Crippen molar-refractivity contribution in [3.63, 3.8) is 0 Å². The van der Waals surface area contributed by atoms with E-state index in [-0.39, 0.29) is 18.4 Å². The van der Waals surface area contributed by atoms with Gasteiger partial charge in [0, 0.05) is 17.2 Å². The van der Waals surface area contributed by atoms with Crippen molar-refractivity contribution in [2.75, 3.05) is 6.61 Å². The van der Waals surface area contributed by atoms with Gasteiger partial charge >= 0.3 is 0 Å². The molecule has 1 unspecified atom stereocenters. The molecule has 0 saturated heterocycles. The first-order valence-corrected chi connectivity index (χ1v) is 14.0. The zero-order valence-electron chi connectivity index (χ0n) is 22.9. The van der Waals surface area contributed by atoms with E-state index in [1.165, 1.54) is 23.6 Å². The Balaban J connectivity index is 0.00000118. The van der Waals surface area contributed by atoms with Crippen LogP contribution in [0.25, 0.3) is 21.9 Å². The highest BCUT2D eigenvalue weighted by molar-refractivity contribution is 5.98. The molecule has 0 spiro atoms. The van der Waals surface area contributed by atoms with Crippen LogP contribution in [-0.4, -0.2) is 40.1 Å². The summed E-state index contributed by atoms with van der Waals surface area (Å²) < 4.78 is 6.04. The lowest BCUT2D eigenvalue weighted by molar-refractivity contribution is -0.122. The van der Waals surface area contributed by atoms with E-state index < -0.39 is 6.23 Å². The third-order valence-corrected chi connectivity index (χ3v) is 7.12. The van der Waals surface area contributed by atoms with E-state index >= 15 is 0 Å². The fourth-order valence-electron chi connectivity index (χ4n) is 4.93. The molecule has 4 aromatic carbocycles. The second kappa shape index (κ2) is 14.3. The normalized spacial score (nSPS) is 13.2. The zero-order valence-corrected chi connectivity index (χ0v) is 22.9. The van der Waals surface area contributed by atoms with E-state index in [1.807, 2.05) is 60.7 Å². The van der Waals surface area contributed by atoms with E-state index in [0.29, 0.717) is 23.5 Å².